The molecule has 1 aromatic heterocycles. The van der Waals surface area contributed by atoms with Gasteiger partial charge in [0.05, 0.1) is 23.2 Å². The molecule has 0 bridgehead atoms. The highest BCUT2D eigenvalue weighted by molar-refractivity contribution is 7.11. The highest BCUT2D eigenvalue weighted by Crippen LogP contribution is 2.23. The van der Waals surface area contributed by atoms with E-state index < -0.39 is 0 Å². The Hall–Kier alpha value is -0.920. The molecular formula is C12H19N3S. The van der Waals surface area contributed by atoms with Crippen molar-refractivity contribution >= 4 is 11.3 Å². The van der Waals surface area contributed by atoms with Crippen molar-refractivity contribution in [1.29, 1.82) is 5.26 Å². The van der Waals surface area contributed by atoms with Crippen molar-refractivity contribution in [3.8, 4) is 6.07 Å². The van der Waals surface area contributed by atoms with Crippen LogP contribution in [0, 0.1) is 25.2 Å². The van der Waals surface area contributed by atoms with Gasteiger partial charge in [-0.3, -0.25) is 0 Å². The fourth-order valence-corrected chi connectivity index (χ4v) is 2.72. The van der Waals surface area contributed by atoms with Crippen molar-refractivity contribution in [2.45, 2.75) is 52.6 Å². The Morgan fingerprint density at radius 1 is 1.50 bits per heavy atom. The molecule has 1 heterocycles. The molecule has 0 aliphatic carbocycles. The first-order valence-electron chi connectivity index (χ1n) is 5.65. The summed E-state index contributed by atoms with van der Waals surface area (Å²) in [5.41, 5.74) is 1.12. The van der Waals surface area contributed by atoms with Crippen LogP contribution < -0.4 is 5.32 Å². The predicted octanol–water partition coefficient (Wildman–Crippen LogP) is 3.10. The van der Waals surface area contributed by atoms with Crippen molar-refractivity contribution in [3.05, 3.63) is 15.6 Å². The van der Waals surface area contributed by atoms with Gasteiger partial charge in [0.1, 0.15) is 0 Å². The summed E-state index contributed by atoms with van der Waals surface area (Å²) in [6.07, 6.45) is 1.53. The van der Waals surface area contributed by atoms with E-state index in [-0.39, 0.29) is 12.1 Å². The Bertz CT molecular complexity index is 378. The van der Waals surface area contributed by atoms with Gasteiger partial charge in [0.25, 0.3) is 0 Å². The smallest absolute Gasteiger partial charge is 0.0900 e. The van der Waals surface area contributed by atoms with Crippen LogP contribution in [0.25, 0.3) is 0 Å². The van der Waals surface area contributed by atoms with Gasteiger partial charge in [-0.05, 0) is 27.2 Å². The van der Waals surface area contributed by atoms with Crippen LogP contribution in [0.15, 0.2) is 0 Å². The lowest BCUT2D eigenvalue weighted by Crippen LogP contribution is -2.31. The number of hydrogen-bond acceptors (Lipinski definition) is 4. The molecular weight excluding hydrogens is 218 g/mol. The van der Waals surface area contributed by atoms with Gasteiger partial charge in [0.15, 0.2) is 0 Å². The highest BCUT2D eigenvalue weighted by Gasteiger charge is 2.16. The Morgan fingerprint density at radius 3 is 2.62 bits per heavy atom. The maximum atomic E-state index is 8.71. The van der Waals surface area contributed by atoms with Crippen LogP contribution in [0.3, 0.4) is 0 Å². The Kier molecular flexibility index (Phi) is 4.91. The van der Waals surface area contributed by atoms with Gasteiger partial charge in [0, 0.05) is 17.0 Å². The summed E-state index contributed by atoms with van der Waals surface area (Å²) < 4.78 is 0. The summed E-state index contributed by atoms with van der Waals surface area (Å²) in [6.45, 7) is 8.34. The molecule has 0 spiro atoms. The average Bonchev–Trinajstić information content (AvgIpc) is 2.57. The predicted molar refractivity (Wildman–Crippen MR) is 67.4 cm³/mol. The van der Waals surface area contributed by atoms with E-state index in [0.29, 0.717) is 6.42 Å². The molecule has 0 saturated heterocycles. The number of aryl methyl sites for hydroxylation is 2. The molecule has 0 saturated carbocycles. The van der Waals surface area contributed by atoms with Gasteiger partial charge in [-0.2, -0.15) is 5.26 Å². The van der Waals surface area contributed by atoms with E-state index in [2.05, 4.69) is 37.1 Å². The summed E-state index contributed by atoms with van der Waals surface area (Å²) in [6, 6.07) is 2.71. The van der Waals surface area contributed by atoms with E-state index >= 15 is 0 Å². The minimum atomic E-state index is 0.225. The molecule has 0 radical (unpaired) electrons. The second-order valence-corrected chi connectivity index (χ2v) is 5.44. The van der Waals surface area contributed by atoms with Crippen molar-refractivity contribution in [1.82, 2.24) is 10.3 Å². The first kappa shape index (κ1) is 13.1. The van der Waals surface area contributed by atoms with Gasteiger partial charge in [-0.15, -0.1) is 11.3 Å². The van der Waals surface area contributed by atoms with E-state index in [0.717, 1.165) is 17.1 Å². The molecule has 16 heavy (non-hydrogen) atoms. The topological polar surface area (TPSA) is 48.7 Å². The van der Waals surface area contributed by atoms with Crippen LogP contribution in [0.2, 0.25) is 0 Å². The third-order valence-corrected chi connectivity index (χ3v) is 3.57. The minimum Gasteiger partial charge on any atom is -0.305 e. The number of hydrogen-bond donors (Lipinski definition) is 1. The first-order chi connectivity index (χ1) is 7.58. The summed E-state index contributed by atoms with van der Waals surface area (Å²) in [5.74, 6) is 0. The van der Waals surface area contributed by atoms with Crippen LogP contribution in [0.4, 0.5) is 0 Å². The summed E-state index contributed by atoms with van der Waals surface area (Å²) in [4.78, 5) is 5.80. The third kappa shape index (κ3) is 3.29. The highest BCUT2D eigenvalue weighted by atomic mass is 32.1. The molecule has 2 unspecified atom stereocenters. The maximum absolute atomic E-state index is 8.71. The molecule has 0 fully saturated rings. The molecule has 0 aromatic carbocycles. The molecule has 0 aliphatic rings. The molecule has 1 N–H and O–H groups in total. The second-order valence-electron chi connectivity index (χ2n) is 4.03. The van der Waals surface area contributed by atoms with Crippen LogP contribution in [0.5, 0.6) is 0 Å². The Labute approximate surface area is 102 Å². The van der Waals surface area contributed by atoms with E-state index in [1.807, 2.05) is 6.92 Å². The fourth-order valence-electron chi connectivity index (χ4n) is 1.81. The summed E-state index contributed by atoms with van der Waals surface area (Å²) in [5, 5.41) is 13.3. The fraction of sp³-hybridized carbons (Fsp3) is 0.667. The molecule has 4 heteroatoms. The van der Waals surface area contributed by atoms with Gasteiger partial charge in [-0.25, -0.2) is 4.98 Å². The van der Waals surface area contributed by atoms with Crippen molar-refractivity contribution in [2.75, 3.05) is 0 Å². The zero-order valence-electron chi connectivity index (χ0n) is 10.4. The van der Waals surface area contributed by atoms with Crippen LogP contribution in [-0.2, 0) is 0 Å². The lowest BCUT2D eigenvalue weighted by Gasteiger charge is -2.19. The standard InChI is InChI=1S/C12H19N3S/c1-5-11(6-7-13)14-8(2)12-9(3)16-10(4)15-12/h8,11,14H,5-6H2,1-4H3. The normalized spacial score (nSPS) is 14.4. The molecule has 2 atom stereocenters. The molecule has 1 aromatic rings. The van der Waals surface area contributed by atoms with E-state index in [9.17, 15) is 0 Å². The number of thiazole rings is 1. The number of rotatable bonds is 5. The SMILES string of the molecule is CCC(CC#N)NC(C)c1nc(C)sc1C. The molecule has 3 nitrogen and oxygen atoms in total. The van der Waals surface area contributed by atoms with E-state index in [1.54, 1.807) is 11.3 Å². The van der Waals surface area contributed by atoms with Crippen molar-refractivity contribution < 1.29 is 0 Å². The largest absolute Gasteiger partial charge is 0.305 e. The van der Waals surface area contributed by atoms with Gasteiger partial charge in [0.2, 0.25) is 0 Å². The zero-order chi connectivity index (χ0) is 12.1. The van der Waals surface area contributed by atoms with Gasteiger partial charge >= 0.3 is 0 Å². The van der Waals surface area contributed by atoms with Crippen molar-refractivity contribution in [2.24, 2.45) is 0 Å². The monoisotopic (exact) mass is 237 g/mol. The van der Waals surface area contributed by atoms with Gasteiger partial charge < -0.3 is 5.32 Å². The second kappa shape index (κ2) is 5.97. The van der Waals surface area contributed by atoms with Crippen LogP contribution in [-0.4, -0.2) is 11.0 Å². The molecule has 0 aliphatic heterocycles. The van der Waals surface area contributed by atoms with E-state index in [1.165, 1.54) is 4.88 Å². The minimum absolute atomic E-state index is 0.225. The summed E-state index contributed by atoms with van der Waals surface area (Å²) in [7, 11) is 0. The lowest BCUT2D eigenvalue weighted by atomic mass is 10.1. The van der Waals surface area contributed by atoms with E-state index in [4.69, 9.17) is 5.26 Å². The quantitative estimate of drug-likeness (QED) is 0.856. The Balaban J connectivity index is 2.68. The van der Waals surface area contributed by atoms with Crippen LogP contribution in [0.1, 0.15) is 48.3 Å². The number of nitrogens with zero attached hydrogens (tertiary/aromatic N) is 2. The maximum Gasteiger partial charge on any atom is 0.0900 e. The molecule has 1 rings (SSSR count). The summed E-state index contributed by atoms with van der Waals surface area (Å²) >= 11 is 1.73. The third-order valence-electron chi connectivity index (χ3n) is 2.67. The molecule has 88 valence electrons. The number of nitriles is 1. The number of nitrogens with one attached hydrogen (secondary N) is 1. The van der Waals surface area contributed by atoms with Crippen LogP contribution >= 0.6 is 11.3 Å². The lowest BCUT2D eigenvalue weighted by molar-refractivity contribution is 0.442. The first-order valence-corrected chi connectivity index (χ1v) is 6.47. The molecule has 0 amide bonds. The average molecular weight is 237 g/mol. The Morgan fingerprint density at radius 2 is 2.19 bits per heavy atom. The number of aromatic nitrogens is 1. The zero-order valence-corrected chi connectivity index (χ0v) is 11.2. The van der Waals surface area contributed by atoms with Gasteiger partial charge in [-0.1, -0.05) is 6.92 Å². The van der Waals surface area contributed by atoms with Crippen molar-refractivity contribution in [3.63, 3.8) is 0 Å².